The highest BCUT2D eigenvalue weighted by molar-refractivity contribution is 5.83. The lowest BCUT2D eigenvalue weighted by Crippen LogP contribution is -2.17. The van der Waals surface area contributed by atoms with E-state index in [0.29, 0.717) is 0 Å². The summed E-state index contributed by atoms with van der Waals surface area (Å²) in [7, 11) is 0. The quantitative estimate of drug-likeness (QED) is 0.597. The van der Waals surface area contributed by atoms with Gasteiger partial charge in [-0.05, 0) is 29.8 Å². The lowest BCUT2D eigenvalue weighted by Gasteiger charge is -2.14. The molecule has 1 aromatic heterocycles. The van der Waals surface area contributed by atoms with Crippen molar-refractivity contribution in [1.29, 1.82) is 0 Å². The van der Waals surface area contributed by atoms with E-state index in [1.165, 1.54) is 36.5 Å². The van der Waals surface area contributed by atoms with Gasteiger partial charge in [-0.2, -0.15) is 5.10 Å². The molecule has 1 N–H and O–H groups in total. The number of rotatable bonds is 4. The van der Waals surface area contributed by atoms with Crippen LogP contribution in [0, 0.1) is 0 Å². The number of hydrogen-bond donors (Lipinski definition) is 1. The molecule has 0 bridgehead atoms. The average Bonchev–Trinajstić information content (AvgIpc) is 3.02. The van der Waals surface area contributed by atoms with Crippen LogP contribution in [-0.4, -0.2) is 22.9 Å². The van der Waals surface area contributed by atoms with Gasteiger partial charge in [0.25, 0.3) is 0 Å². The van der Waals surface area contributed by atoms with Gasteiger partial charge in [-0.25, -0.2) is 0 Å². The third-order valence-electron chi connectivity index (χ3n) is 3.40. The van der Waals surface area contributed by atoms with Gasteiger partial charge in [-0.3, -0.25) is 5.10 Å². The number of para-hydroxylation sites is 1. The van der Waals surface area contributed by atoms with E-state index in [0.717, 1.165) is 18.2 Å². The average molecular weight is 388 g/mol. The van der Waals surface area contributed by atoms with Crippen LogP contribution in [0.25, 0.3) is 22.4 Å². The number of benzene rings is 2. The molecular weight excluding hydrogens is 378 g/mol. The third-order valence-corrected chi connectivity index (χ3v) is 3.40. The Balaban J connectivity index is 2.02. The van der Waals surface area contributed by atoms with Crippen molar-refractivity contribution in [3.63, 3.8) is 0 Å². The molecule has 27 heavy (non-hydrogen) atoms. The molecule has 3 rings (SSSR count). The fourth-order valence-corrected chi connectivity index (χ4v) is 2.46. The summed E-state index contributed by atoms with van der Waals surface area (Å²) in [6.45, 7) is 0. The summed E-state index contributed by atoms with van der Waals surface area (Å²) in [4.78, 5) is 0. The molecule has 0 spiro atoms. The first kappa shape index (κ1) is 18.6. The molecule has 2 aromatic carbocycles. The number of halogens is 6. The SMILES string of the molecule is FC(F)(F)Oc1cccc(-c2cn[nH]c2-c2ccccc2OC(F)(F)F)c1. The van der Waals surface area contributed by atoms with Crippen LogP contribution in [0.2, 0.25) is 0 Å². The van der Waals surface area contributed by atoms with Crippen LogP contribution < -0.4 is 9.47 Å². The predicted octanol–water partition coefficient (Wildman–Crippen LogP) is 5.54. The molecule has 0 aliphatic rings. The Bertz CT molecular complexity index is 933. The molecular formula is C17H10F6N2O2. The van der Waals surface area contributed by atoms with Crippen LogP contribution in [0.4, 0.5) is 26.3 Å². The Kier molecular flexibility index (Phi) is 4.73. The van der Waals surface area contributed by atoms with Crippen molar-refractivity contribution in [2.75, 3.05) is 0 Å². The summed E-state index contributed by atoms with van der Waals surface area (Å²) in [5.74, 6) is -0.940. The number of H-pyrrole nitrogens is 1. The van der Waals surface area contributed by atoms with E-state index in [4.69, 9.17) is 0 Å². The molecule has 3 aromatic rings. The van der Waals surface area contributed by atoms with Crippen LogP contribution in [0.5, 0.6) is 11.5 Å². The van der Waals surface area contributed by atoms with Gasteiger partial charge in [0.15, 0.2) is 0 Å². The maximum absolute atomic E-state index is 12.6. The minimum Gasteiger partial charge on any atom is -0.406 e. The smallest absolute Gasteiger partial charge is 0.406 e. The number of nitrogens with zero attached hydrogens (tertiary/aromatic N) is 1. The maximum atomic E-state index is 12.6. The molecule has 0 unspecified atom stereocenters. The molecule has 0 amide bonds. The predicted molar refractivity (Wildman–Crippen MR) is 82.8 cm³/mol. The summed E-state index contributed by atoms with van der Waals surface area (Å²) in [6, 6.07) is 10.4. The number of alkyl halides is 6. The Labute approximate surface area is 148 Å². The van der Waals surface area contributed by atoms with Crippen molar-refractivity contribution >= 4 is 0 Å². The summed E-state index contributed by atoms with van der Waals surface area (Å²) < 4.78 is 83.0. The summed E-state index contributed by atoms with van der Waals surface area (Å²) in [5, 5.41) is 6.35. The summed E-state index contributed by atoms with van der Waals surface area (Å²) >= 11 is 0. The first-order valence-electron chi connectivity index (χ1n) is 7.37. The van der Waals surface area contributed by atoms with Crippen molar-refractivity contribution in [3.05, 3.63) is 54.7 Å². The second kappa shape index (κ2) is 6.86. The second-order valence-corrected chi connectivity index (χ2v) is 5.28. The molecule has 1 heterocycles. The van der Waals surface area contributed by atoms with Crippen LogP contribution in [0.15, 0.2) is 54.7 Å². The van der Waals surface area contributed by atoms with Crippen molar-refractivity contribution in [3.8, 4) is 33.9 Å². The maximum Gasteiger partial charge on any atom is 0.573 e. The number of aromatic nitrogens is 2. The monoisotopic (exact) mass is 388 g/mol. The zero-order valence-electron chi connectivity index (χ0n) is 13.2. The van der Waals surface area contributed by atoms with Crippen molar-refractivity contribution in [2.24, 2.45) is 0 Å². The molecule has 10 heteroatoms. The van der Waals surface area contributed by atoms with E-state index in [-0.39, 0.29) is 22.4 Å². The molecule has 0 aliphatic carbocycles. The van der Waals surface area contributed by atoms with Gasteiger partial charge in [0.2, 0.25) is 0 Å². The zero-order chi connectivity index (χ0) is 19.7. The molecule has 0 aliphatic heterocycles. The van der Waals surface area contributed by atoms with Crippen LogP contribution >= 0.6 is 0 Å². The summed E-state index contributed by atoms with van der Waals surface area (Å²) in [5.41, 5.74) is 0.742. The van der Waals surface area contributed by atoms with E-state index >= 15 is 0 Å². The van der Waals surface area contributed by atoms with Gasteiger partial charge in [0.1, 0.15) is 11.5 Å². The van der Waals surface area contributed by atoms with Gasteiger partial charge in [0, 0.05) is 11.1 Å². The minimum absolute atomic E-state index is 0.0458. The molecule has 0 saturated heterocycles. The lowest BCUT2D eigenvalue weighted by atomic mass is 10.0. The second-order valence-electron chi connectivity index (χ2n) is 5.28. The highest BCUT2D eigenvalue weighted by Crippen LogP contribution is 2.38. The van der Waals surface area contributed by atoms with E-state index in [1.807, 2.05) is 0 Å². The van der Waals surface area contributed by atoms with Crippen LogP contribution in [0.3, 0.4) is 0 Å². The van der Waals surface area contributed by atoms with Crippen LogP contribution in [-0.2, 0) is 0 Å². The van der Waals surface area contributed by atoms with Crippen molar-refractivity contribution in [1.82, 2.24) is 10.2 Å². The van der Waals surface area contributed by atoms with E-state index in [1.54, 1.807) is 0 Å². The van der Waals surface area contributed by atoms with Crippen LogP contribution in [0.1, 0.15) is 0 Å². The molecule has 142 valence electrons. The highest BCUT2D eigenvalue weighted by Gasteiger charge is 2.33. The third kappa shape index (κ3) is 4.72. The van der Waals surface area contributed by atoms with Gasteiger partial charge in [0.05, 0.1) is 11.9 Å². The Morgan fingerprint density at radius 2 is 1.48 bits per heavy atom. The molecule has 0 atom stereocenters. The standard InChI is InChI=1S/C17H10F6N2O2/c18-16(19,20)26-11-5-3-4-10(8-11)13-9-24-25-15(13)12-6-1-2-7-14(12)27-17(21,22)23/h1-9H,(H,24,25). The zero-order valence-corrected chi connectivity index (χ0v) is 13.2. The lowest BCUT2D eigenvalue weighted by molar-refractivity contribution is -0.275. The fourth-order valence-electron chi connectivity index (χ4n) is 2.46. The Morgan fingerprint density at radius 3 is 2.19 bits per heavy atom. The normalized spacial score (nSPS) is 12.1. The van der Waals surface area contributed by atoms with Gasteiger partial charge < -0.3 is 9.47 Å². The van der Waals surface area contributed by atoms with Crippen molar-refractivity contribution in [2.45, 2.75) is 12.7 Å². The molecule has 0 saturated carbocycles. The number of aromatic amines is 1. The molecule has 4 nitrogen and oxygen atoms in total. The van der Waals surface area contributed by atoms with Crippen molar-refractivity contribution < 1.29 is 35.8 Å². The number of hydrogen-bond acceptors (Lipinski definition) is 3. The Morgan fingerprint density at radius 1 is 0.778 bits per heavy atom. The molecule has 0 fully saturated rings. The first-order chi connectivity index (χ1) is 12.6. The van der Waals surface area contributed by atoms with Gasteiger partial charge in [-0.1, -0.05) is 24.3 Å². The minimum atomic E-state index is -4.91. The number of nitrogens with one attached hydrogen (secondary N) is 1. The van der Waals surface area contributed by atoms with E-state index in [2.05, 4.69) is 19.7 Å². The van der Waals surface area contributed by atoms with Gasteiger partial charge >= 0.3 is 12.7 Å². The van der Waals surface area contributed by atoms with E-state index < -0.39 is 24.2 Å². The summed E-state index contributed by atoms with van der Waals surface area (Å²) in [6.07, 6.45) is -8.49. The topological polar surface area (TPSA) is 47.1 Å². The Hall–Kier alpha value is -3.17. The highest BCUT2D eigenvalue weighted by atomic mass is 19.4. The largest absolute Gasteiger partial charge is 0.573 e. The van der Waals surface area contributed by atoms with E-state index in [9.17, 15) is 26.3 Å². The molecule has 0 radical (unpaired) electrons. The van der Waals surface area contributed by atoms with Gasteiger partial charge in [-0.15, -0.1) is 26.3 Å². The number of ether oxygens (including phenoxy) is 2. The fraction of sp³-hybridized carbons (Fsp3) is 0.118. The first-order valence-corrected chi connectivity index (χ1v) is 7.37.